The predicted octanol–water partition coefficient (Wildman–Crippen LogP) is -0.418. The summed E-state index contributed by atoms with van der Waals surface area (Å²) in [6, 6.07) is -0.356. The third-order valence-electron chi connectivity index (χ3n) is 0.530. The first-order valence-corrected chi connectivity index (χ1v) is 2.20. The molecule has 0 aliphatic rings. The number of hydrogen-bond acceptors (Lipinski definition) is 4. The van der Waals surface area contributed by atoms with Crippen LogP contribution in [0.15, 0.2) is 6.33 Å². The van der Waals surface area contributed by atoms with Crippen LogP contribution in [-0.4, -0.2) is 38.9 Å². The van der Waals surface area contributed by atoms with Crippen molar-refractivity contribution in [2.75, 3.05) is 0 Å². The SMILES string of the molecule is Oc1ncnc(Cl)n1.[LiH]. The van der Waals surface area contributed by atoms with Crippen molar-refractivity contribution >= 4 is 30.5 Å². The van der Waals surface area contributed by atoms with E-state index in [1.807, 2.05) is 0 Å². The van der Waals surface area contributed by atoms with Crippen LogP contribution >= 0.6 is 11.6 Å². The van der Waals surface area contributed by atoms with E-state index < -0.39 is 0 Å². The normalized spacial score (nSPS) is 8.11. The van der Waals surface area contributed by atoms with E-state index in [4.69, 9.17) is 16.7 Å². The number of aromatic hydroxyl groups is 1. The maximum absolute atomic E-state index is 8.47. The summed E-state index contributed by atoms with van der Waals surface area (Å²) in [6.45, 7) is 0. The molecule has 0 spiro atoms. The van der Waals surface area contributed by atoms with Gasteiger partial charge in [-0.1, -0.05) is 0 Å². The Morgan fingerprint density at radius 3 is 2.44 bits per heavy atom. The van der Waals surface area contributed by atoms with Gasteiger partial charge < -0.3 is 5.11 Å². The fourth-order valence-corrected chi connectivity index (χ4v) is 0.388. The molecule has 44 valence electrons. The molecule has 0 radical (unpaired) electrons. The Labute approximate surface area is 68.5 Å². The summed E-state index contributed by atoms with van der Waals surface area (Å²) in [7, 11) is 0. The fourth-order valence-electron chi connectivity index (χ4n) is 0.268. The van der Waals surface area contributed by atoms with E-state index in [-0.39, 0.29) is 30.2 Å². The molecule has 0 aromatic carbocycles. The monoisotopic (exact) mass is 139 g/mol. The number of aromatic nitrogens is 3. The van der Waals surface area contributed by atoms with Gasteiger partial charge in [0.25, 0.3) is 0 Å². The van der Waals surface area contributed by atoms with Crippen LogP contribution in [0.3, 0.4) is 0 Å². The quantitative estimate of drug-likeness (QED) is 0.496. The average Bonchev–Trinajstić information content (AvgIpc) is 1.64. The van der Waals surface area contributed by atoms with Gasteiger partial charge >= 0.3 is 24.9 Å². The van der Waals surface area contributed by atoms with Crippen LogP contribution < -0.4 is 0 Å². The summed E-state index contributed by atoms with van der Waals surface area (Å²) in [5.41, 5.74) is 0. The molecule has 1 aromatic heterocycles. The second-order valence-corrected chi connectivity index (χ2v) is 1.39. The summed E-state index contributed by atoms with van der Waals surface area (Å²) in [5, 5.41) is 8.46. The average molecular weight is 139 g/mol. The van der Waals surface area contributed by atoms with Gasteiger partial charge in [0, 0.05) is 0 Å². The van der Waals surface area contributed by atoms with Crippen LogP contribution in [0.2, 0.25) is 5.28 Å². The second kappa shape index (κ2) is 3.67. The Balaban J connectivity index is 0.000000640. The van der Waals surface area contributed by atoms with Crippen LogP contribution in [-0.2, 0) is 0 Å². The van der Waals surface area contributed by atoms with Crippen LogP contribution in [0.25, 0.3) is 0 Å². The minimum atomic E-state index is -0.356. The molecule has 0 aliphatic carbocycles. The zero-order chi connectivity index (χ0) is 5.98. The van der Waals surface area contributed by atoms with Gasteiger partial charge in [0.1, 0.15) is 6.33 Å². The van der Waals surface area contributed by atoms with E-state index >= 15 is 0 Å². The first-order valence-electron chi connectivity index (χ1n) is 1.82. The van der Waals surface area contributed by atoms with Gasteiger partial charge in [0.05, 0.1) is 0 Å². The van der Waals surface area contributed by atoms with Gasteiger partial charge in [-0.3, -0.25) is 0 Å². The van der Waals surface area contributed by atoms with Crippen molar-refractivity contribution in [2.24, 2.45) is 0 Å². The van der Waals surface area contributed by atoms with Crippen molar-refractivity contribution < 1.29 is 5.11 Å². The van der Waals surface area contributed by atoms with Gasteiger partial charge in [-0.15, -0.1) is 0 Å². The topological polar surface area (TPSA) is 58.9 Å². The first-order chi connectivity index (χ1) is 3.79. The van der Waals surface area contributed by atoms with E-state index in [9.17, 15) is 0 Å². The van der Waals surface area contributed by atoms with Crippen molar-refractivity contribution in [1.82, 2.24) is 15.0 Å². The van der Waals surface area contributed by atoms with Gasteiger partial charge in [0.2, 0.25) is 5.28 Å². The number of nitrogens with zero attached hydrogens (tertiary/aromatic N) is 3. The molecule has 0 bridgehead atoms. The molecular formula is C3H3ClLiN3O. The molecule has 0 atom stereocenters. The summed E-state index contributed by atoms with van der Waals surface area (Å²) >= 11 is 5.22. The van der Waals surface area contributed by atoms with E-state index in [1.54, 1.807) is 0 Å². The van der Waals surface area contributed by atoms with Crippen molar-refractivity contribution in [2.45, 2.75) is 0 Å². The van der Waals surface area contributed by atoms with E-state index in [0.29, 0.717) is 0 Å². The molecule has 1 aromatic rings. The zero-order valence-electron chi connectivity index (χ0n) is 3.74. The summed E-state index contributed by atoms with van der Waals surface area (Å²) in [5.74, 6) is 0. The van der Waals surface area contributed by atoms with Crippen molar-refractivity contribution in [3.8, 4) is 6.01 Å². The van der Waals surface area contributed by atoms with Gasteiger partial charge in [0.15, 0.2) is 0 Å². The molecule has 9 heavy (non-hydrogen) atoms. The molecule has 1 heterocycles. The Kier molecular flexibility index (Phi) is 3.55. The molecular weight excluding hydrogens is 136 g/mol. The Hall–Kier alpha value is -0.303. The number of rotatable bonds is 0. The molecule has 6 heteroatoms. The number of halogens is 1. The molecule has 0 aliphatic heterocycles. The van der Waals surface area contributed by atoms with Crippen LogP contribution in [0.5, 0.6) is 6.01 Å². The van der Waals surface area contributed by atoms with E-state index in [2.05, 4.69) is 15.0 Å². The van der Waals surface area contributed by atoms with Gasteiger partial charge in [-0.2, -0.15) is 9.97 Å². The Morgan fingerprint density at radius 1 is 1.44 bits per heavy atom. The summed E-state index contributed by atoms with van der Waals surface area (Å²) in [6.07, 6.45) is 1.13. The van der Waals surface area contributed by atoms with Crippen LogP contribution in [0, 0.1) is 0 Å². The molecule has 0 amide bonds. The Bertz CT molecular complexity index is 179. The van der Waals surface area contributed by atoms with Gasteiger partial charge in [-0.05, 0) is 11.6 Å². The maximum atomic E-state index is 8.47. The van der Waals surface area contributed by atoms with E-state index in [1.165, 1.54) is 0 Å². The Morgan fingerprint density at radius 2 is 2.11 bits per heavy atom. The molecule has 0 saturated heterocycles. The molecule has 0 fully saturated rings. The van der Waals surface area contributed by atoms with E-state index in [0.717, 1.165) is 6.33 Å². The van der Waals surface area contributed by atoms with Crippen molar-refractivity contribution in [3.05, 3.63) is 11.6 Å². The first kappa shape index (κ1) is 8.70. The fraction of sp³-hybridized carbons (Fsp3) is 0. The predicted molar refractivity (Wildman–Crippen MR) is 33.7 cm³/mol. The number of hydrogen-bond donors (Lipinski definition) is 1. The zero-order valence-corrected chi connectivity index (χ0v) is 4.50. The van der Waals surface area contributed by atoms with Crippen LogP contribution in [0.1, 0.15) is 0 Å². The minimum absolute atomic E-state index is 0. The summed E-state index contributed by atoms with van der Waals surface area (Å²) in [4.78, 5) is 9.98. The molecule has 4 nitrogen and oxygen atoms in total. The molecule has 1 N–H and O–H groups in total. The third kappa shape index (κ3) is 2.66. The molecule has 0 unspecified atom stereocenters. The standard InChI is InChI=1S/C3H2ClN3O.Li.H/c4-2-5-1-6-3(8)7-2;;/h1H,(H,5,6,7,8);;. The van der Waals surface area contributed by atoms with Crippen molar-refractivity contribution in [1.29, 1.82) is 0 Å². The third-order valence-corrected chi connectivity index (χ3v) is 0.712. The summed E-state index contributed by atoms with van der Waals surface area (Å²) < 4.78 is 0. The molecule has 1 rings (SSSR count). The molecule has 0 saturated carbocycles. The second-order valence-electron chi connectivity index (χ2n) is 1.05. The van der Waals surface area contributed by atoms with Crippen LogP contribution in [0.4, 0.5) is 0 Å². The van der Waals surface area contributed by atoms with Crippen molar-refractivity contribution in [3.63, 3.8) is 0 Å². The van der Waals surface area contributed by atoms with Gasteiger partial charge in [-0.25, -0.2) is 4.98 Å².